The van der Waals surface area contributed by atoms with Gasteiger partial charge in [-0.25, -0.2) is 4.98 Å². The molecule has 1 N–H and O–H groups in total. The fraction of sp³-hybridized carbons (Fsp3) is 0.200. The molecule has 2 heterocycles. The number of hydrogen-bond donors (Lipinski definition) is 1. The topological polar surface area (TPSA) is 119 Å². The normalized spacial score (nSPS) is 10.6. The van der Waals surface area contributed by atoms with Crippen LogP contribution in [0.1, 0.15) is 5.69 Å². The smallest absolute Gasteiger partial charge is 0.259 e. The van der Waals surface area contributed by atoms with E-state index in [4.69, 9.17) is 0 Å². The highest BCUT2D eigenvalue weighted by atomic mass is 16.6. The zero-order valence-electron chi connectivity index (χ0n) is 6.96. The number of hydrogen-bond acceptors (Lipinski definition) is 6. The van der Waals surface area contributed by atoms with E-state index in [1.165, 1.54) is 6.92 Å². The first-order valence-electron chi connectivity index (χ1n) is 3.56. The Morgan fingerprint density at radius 3 is 2.93 bits per heavy atom. The van der Waals surface area contributed by atoms with Crippen LogP contribution in [0.2, 0.25) is 0 Å². The zero-order chi connectivity index (χ0) is 10.3. The minimum atomic E-state index is -0.817. The molecule has 0 fully saturated rings. The summed E-state index contributed by atoms with van der Waals surface area (Å²) < 4.78 is 0.811. The van der Waals surface area contributed by atoms with Crippen LogP contribution in [0.25, 0.3) is 5.78 Å². The number of fused-ring (bicyclic) bond motifs is 1. The molecule has 72 valence electrons. The van der Waals surface area contributed by atoms with Crippen LogP contribution in [0, 0.1) is 17.0 Å². The maximum Gasteiger partial charge on any atom is 0.357 e. The molecule has 0 atom stereocenters. The highest BCUT2D eigenvalue weighted by molar-refractivity contribution is 5.38. The Balaban J connectivity index is 2.97. The number of aromatic nitrogens is 5. The van der Waals surface area contributed by atoms with E-state index in [1.54, 1.807) is 0 Å². The largest absolute Gasteiger partial charge is 0.357 e. The van der Waals surface area contributed by atoms with E-state index in [1.807, 2.05) is 0 Å². The molecule has 0 amide bonds. The molecule has 0 spiro atoms. The van der Waals surface area contributed by atoms with Crippen LogP contribution >= 0.6 is 0 Å². The van der Waals surface area contributed by atoms with E-state index in [0.717, 1.165) is 4.52 Å². The van der Waals surface area contributed by atoms with Crippen LogP contribution < -0.4 is 5.56 Å². The maximum atomic E-state index is 11.4. The molecule has 0 aliphatic rings. The zero-order valence-corrected chi connectivity index (χ0v) is 6.96. The Hall–Kier alpha value is -2.32. The number of H-pyrrole nitrogens is 1. The Labute approximate surface area is 75.5 Å². The van der Waals surface area contributed by atoms with Crippen LogP contribution in [-0.2, 0) is 0 Å². The molecule has 0 aliphatic heterocycles. The highest BCUT2D eigenvalue weighted by Gasteiger charge is 2.21. The maximum absolute atomic E-state index is 11.4. The van der Waals surface area contributed by atoms with Crippen LogP contribution in [0.4, 0.5) is 5.69 Å². The summed E-state index contributed by atoms with van der Waals surface area (Å²) in [7, 11) is 0. The molecule has 0 radical (unpaired) electrons. The summed E-state index contributed by atoms with van der Waals surface area (Å²) in [5.41, 5.74) is -1.37. The third-order valence-electron chi connectivity index (χ3n) is 1.68. The molecule has 2 rings (SSSR count). The van der Waals surface area contributed by atoms with Crippen LogP contribution in [0.3, 0.4) is 0 Å². The monoisotopic (exact) mass is 196 g/mol. The summed E-state index contributed by atoms with van der Waals surface area (Å²) in [5, 5.41) is 19.5. The second-order valence-electron chi connectivity index (χ2n) is 2.54. The Morgan fingerprint density at radius 1 is 1.57 bits per heavy atom. The molecular weight excluding hydrogens is 192 g/mol. The van der Waals surface area contributed by atoms with Crippen molar-refractivity contribution < 1.29 is 4.92 Å². The van der Waals surface area contributed by atoms with Gasteiger partial charge >= 0.3 is 11.2 Å². The highest BCUT2D eigenvalue weighted by Crippen LogP contribution is 2.08. The number of aromatic amines is 1. The van der Waals surface area contributed by atoms with Crippen LogP contribution in [0.5, 0.6) is 0 Å². The summed E-state index contributed by atoms with van der Waals surface area (Å²) in [5.74, 6) is 0.0121. The second kappa shape index (κ2) is 2.58. The van der Waals surface area contributed by atoms with Crippen LogP contribution in [0.15, 0.2) is 4.79 Å². The van der Waals surface area contributed by atoms with Gasteiger partial charge in [0.15, 0.2) is 0 Å². The van der Waals surface area contributed by atoms with Crippen molar-refractivity contribution in [2.75, 3.05) is 0 Å². The molecule has 0 aliphatic carbocycles. The number of nitrogens with one attached hydrogen (secondary N) is 1. The molecule has 2 aromatic heterocycles. The van der Waals surface area contributed by atoms with Crippen molar-refractivity contribution in [1.29, 1.82) is 0 Å². The lowest BCUT2D eigenvalue weighted by atomic mass is 10.4. The summed E-state index contributed by atoms with van der Waals surface area (Å²) in [6, 6.07) is 0. The summed E-state index contributed by atoms with van der Waals surface area (Å²) in [6.45, 7) is 1.37. The Kier molecular flexibility index (Phi) is 1.53. The van der Waals surface area contributed by atoms with Gasteiger partial charge in [-0.05, 0) is 12.1 Å². The SMILES string of the molecule is Cc1nc2nn[nH]n2c(=O)c1[N+](=O)[O-]. The molecule has 14 heavy (non-hydrogen) atoms. The Morgan fingerprint density at radius 2 is 2.29 bits per heavy atom. The van der Waals surface area contributed by atoms with Gasteiger partial charge in [0.25, 0.3) is 5.78 Å². The third-order valence-corrected chi connectivity index (χ3v) is 1.68. The first-order valence-corrected chi connectivity index (χ1v) is 3.56. The Bertz CT molecular complexity index is 568. The third kappa shape index (κ3) is 0.952. The van der Waals surface area contributed by atoms with Gasteiger partial charge in [0, 0.05) is 0 Å². The molecule has 9 nitrogen and oxygen atoms in total. The van der Waals surface area contributed by atoms with Gasteiger partial charge in [0.2, 0.25) is 0 Å². The van der Waals surface area contributed by atoms with E-state index in [9.17, 15) is 14.9 Å². The molecule has 0 bridgehead atoms. The van der Waals surface area contributed by atoms with Gasteiger partial charge in [0.05, 0.1) is 4.92 Å². The number of aryl methyl sites for hydroxylation is 1. The lowest BCUT2D eigenvalue weighted by Gasteiger charge is -1.94. The number of nitrogens with zero attached hydrogens (tertiary/aromatic N) is 5. The minimum Gasteiger partial charge on any atom is -0.259 e. The van der Waals surface area contributed by atoms with Gasteiger partial charge in [0.1, 0.15) is 5.69 Å². The molecule has 0 saturated carbocycles. The molecular formula is C5H4N6O3. The van der Waals surface area contributed by atoms with Crippen molar-refractivity contribution in [3.63, 3.8) is 0 Å². The molecule has 0 aromatic carbocycles. The van der Waals surface area contributed by atoms with E-state index >= 15 is 0 Å². The lowest BCUT2D eigenvalue weighted by molar-refractivity contribution is -0.387. The van der Waals surface area contributed by atoms with Gasteiger partial charge in [-0.15, -0.1) is 0 Å². The van der Waals surface area contributed by atoms with Gasteiger partial charge < -0.3 is 0 Å². The molecule has 0 unspecified atom stereocenters. The summed E-state index contributed by atoms with van der Waals surface area (Å²) >= 11 is 0. The fourth-order valence-electron chi connectivity index (χ4n) is 1.08. The average Bonchev–Trinajstić information content (AvgIpc) is 2.50. The van der Waals surface area contributed by atoms with Gasteiger partial charge in [-0.1, -0.05) is 5.10 Å². The number of rotatable bonds is 1. The lowest BCUT2D eigenvalue weighted by Crippen LogP contribution is -2.20. The van der Waals surface area contributed by atoms with Crippen molar-refractivity contribution in [3.05, 3.63) is 26.2 Å². The first-order chi connectivity index (χ1) is 6.61. The van der Waals surface area contributed by atoms with Crippen molar-refractivity contribution in [3.8, 4) is 0 Å². The van der Waals surface area contributed by atoms with Crippen molar-refractivity contribution >= 4 is 11.5 Å². The minimum absolute atomic E-state index is 0.0121. The first kappa shape index (κ1) is 8.29. The van der Waals surface area contributed by atoms with Crippen molar-refractivity contribution in [1.82, 2.24) is 25.0 Å². The van der Waals surface area contributed by atoms with E-state index in [0.29, 0.717) is 0 Å². The standard InChI is InChI=1S/C5H4N6O3/c1-2-3(11(13)14)4(12)10-5(6-2)7-8-9-10/h1H3,(H,6,7,9). The number of tetrazole rings is 1. The predicted molar refractivity (Wildman–Crippen MR) is 42.8 cm³/mol. The van der Waals surface area contributed by atoms with E-state index in [2.05, 4.69) is 20.5 Å². The van der Waals surface area contributed by atoms with E-state index < -0.39 is 16.2 Å². The van der Waals surface area contributed by atoms with Crippen LogP contribution in [-0.4, -0.2) is 29.9 Å². The molecule has 0 saturated heterocycles. The fourth-order valence-corrected chi connectivity index (χ4v) is 1.08. The van der Waals surface area contributed by atoms with Crippen molar-refractivity contribution in [2.24, 2.45) is 0 Å². The van der Waals surface area contributed by atoms with E-state index in [-0.39, 0.29) is 11.5 Å². The average molecular weight is 196 g/mol. The quantitative estimate of drug-likeness (QED) is 0.462. The summed E-state index contributed by atoms with van der Waals surface area (Å²) in [4.78, 5) is 24.9. The second-order valence-corrected chi connectivity index (χ2v) is 2.54. The summed E-state index contributed by atoms with van der Waals surface area (Å²) in [6.07, 6.45) is 0. The van der Waals surface area contributed by atoms with Gasteiger partial charge in [-0.2, -0.15) is 9.73 Å². The molecule has 9 heteroatoms. The molecule has 2 aromatic rings. The van der Waals surface area contributed by atoms with Crippen molar-refractivity contribution in [2.45, 2.75) is 6.92 Å². The number of nitro groups is 1. The predicted octanol–water partition coefficient (Wildman–Crippen LogP) is -0.971. The van der Waals surface area contributed by atoms with Gasteiger partial charge in [-0.3, -0.25) is 14.9 Å².